The van der Waals surface area contributed by atoms with Gasteiger partial charge in [0.2, 0.25) is 5.91 Å². The van der Waals surface area contributed by atoms with Gasteiger partial charge in [-0.2, -0.15) is 5.26 Å². The highest BCUT2D eigenvalue weighted by Gasteiger charge is 2.39. The van der Waals surface area contributed by atoms with Crippen molar-refractivity contribution in [3.05, 3.63) is 33.3 Å². The number of amidine groups is 1. The fourth-order valence-corrected chi connectivity index (χ4v) is 4.60. The van der Waals surface area contributed by atoms with Crippen molar-refractivity contribution < 1.29 is 4.79 Å². The Hall–Kier alpha value is -1.97. The third-order valence-corrected chi connectivity index (χ3v) is 6.35. The number of piperidine rings is 1. The Morgan fingerprint density at radius 2 is 2.18 bits per heavy atom. The monoisotopic (exact) mass is 329 g/mol. The second-order valence-corrected chi connectivity index (χ2v) is 7.78. The zero-order valence-corrected chi connectivity index (χ0v) is 14.0. The van der Waals surface area contributed by atoms with Crippen molar-refractivity contribution >= 4 is 34.4 Å². The molecule has 22 heavy (non-hydrogen) atoms. The quantitative estimate of drug-likeness (QED) is 0.909. The highest BCUT2D eigenvalue weighted by molar-refractivity contribution is 7.16. The maximum absolute atomic E-state index is 12.1. The van der Waals surface area contributed by atoms with E-state index in [0.29, 0.717) is 23.6 Å². The number of likely N-dealkylation sites (tertiary alicyclic amines) is 1. The van der Waals surface area contributed by atoms with E-state index in [0.717, 1.165) is 15.3 Å². The number of amides is 1. The largest absolute Gasteiger partial charge is 0.304 e. The fourth-order valence-electron chi connectivity index (χ4n) is 2.66. The Labute approximate surface area is 137 Å². The van der Waals surface area contributed by atoms with E-state index in [9.17, 15) is 4.79 Å². The van der Waals surface area contributed by atoms with Gasteiger partial charge in [0, 0.05) is 40.6 Å². The average molecular weight is 329 g/mol. The van der Waals surface area contributed by atoms with Crippen LogP contribution in [-0.4, -0.2) is 23.7 Å². The van der Waals surface area contributed by atoms with Crippen LogP contribution in [0.15, 0.2) is 23.6 Å². The van der Waals surface area contributed by atoms with Crippen molar-refractivity contribution in [2.24, 2.45) is 0 Å². The summed E-state index contributed by atoms with van der Waals surface area (Å²) in [6.45, 7) is 2.05. The molecule has 0 spiro atoms. The molecule has 1 aliphatic heterocycles. The van der Waals surface area contributed by atoms with Crippen LogP contribution in [0.25, 0.3) is 10.4 Å². The van der Waals surface area contributed by atoms with Crippen molar-refractivity contribution in [3.63, 3.8) is 0 Å². The van der Waals surface area contributed by atoms with E-state index in [1.165, 1.54) is 16.2 Å². The summed E-state index contributed by atoms with van der Waals surface area (Å²) in [6.07, 6.45) is 1.00. The van der Waals surface area contributed by atoms with Crippen LogP contribution in [0, 0.1) is 16.7 Å². The molecule has 0 bridgehead atoms. The maximum atomic E-state index is 12.1. The molecule has 1 saturated heterocycles. The normalized spacial score (nSPS) is 22.0. The fraction of sp³-hybridized carbons (Fsp3) is 0.312. The molecule has 2 aromatic heterocycles. The van der Waals surface area contributed by atoms with Crippen molar-refractivity contribution in [1.29, 1.82) is 10.7 Å². The highest BCUT2D eigenvalue weighted by atomic mass is 32.1. The van der Waals surface area contributed by atoms with E-state index >= 15 is 0 Å². The van der Waals surface area contributed by atoms with E-state index in [2.05, 4.69) is 24.4 Å². The molecular formula is C16H15N3OS2. The number of thiophene rings is 2. The Bertz CT molecular complexity index is 778. The number of hydrogen-bond acceptors (Lipinski definition) is 5. The molecule has 112 valence electrons. The van der Waals surface area contributed by atoms with E-state index in [1.807, 2.05) is 12.1 Å². The van der Waals surface area contributed by atoms with Crippen molar-refractivity contribution in [3.8, 4) is 16.5 Å². The van der Waals surface area contributed by atoms with Crippen molar-refractivity contribution in [1.82, 2.24) is 4.90 Å². The van der Waals surface area contributed by atoms with Crippen LogP contribution >= 0.6 is 22.7 Å². The molecule has 4 nitrogen and oxygen atoms in total. The molecule has 1 aliphatic rings. The van der Waals surface area contributed by atoms with Gasteiger partial charge in [-0.1, -0.05) is 6.92 Å². The summed E-state index contributed by atoms with van der Waals surface area (Å²) < 4.78 is 0. The number of nitrogens with zero attached hydrogens (tertiary/aromatic N) is 2. The van der Waals surface area contributed by atoms with Crippen LogP contribution in [0.1, 0.15) is 29.5 Å². The first-order valence-electron chi connectivity index (χ1n) is 6.86. The van der Waals surface area contributed by atoms with Gasteiger partial charge in [0.25, 0.3) is 0 Å². The molecule has 1 atom stereocenters. The molecule has 0 aliphatic carbocycles. The van der Waals surface area contributed by atoms with Crippen LogP contribution in [0.5, 0.6) is 0 Å². The second-order valence-electron chi connectivity index (χ2n) is 5.79. The molecule has 1 N–H and O–H groups in total. The van der Waals surface area contributed by atoms with Gasteiger partial charge in [0.05, 0.1) is 0 Å². The number of rotatable bonds is 2. The van der Waals surface area contributed by atoms with Crippen LogP contribution in [0.3, 0.4) is 0 Å². The number of nitriles is 1. The number of nitrogens with one attached hydrogen (secondary N) is 1. The Kier molecular flexibility index (Phi) is 3.63. The third-order valence-electron chi connectivity index (χ3n) is 4.07. The molecule has 1 fully saturated rings. The first-order chi connectivity index (χ1) is 10.4. The van der Waals surface area contributed by atoms with E-state index < -0.39 is 0 Å². The highest BCUT2D eigenvalue weighted by Crippen LogP contribution is 2.42. The van der Waals surface area contributed by atoms with Crippen LogP contribution < -0.4 is 0 Å². The molecule has 0 aromatic carbocycles. The predicted octanol–water partition coefficient (Wildman–Crippen LogP) is 3.84. The Morgan fingerprint density at radius 3 is 2.82 bits per heavy atom. The Morgan fingerprint density at radius 1 is 1.41 bits per heavy atom. The molecule has 0 unspecified atom stereocenters. The van der Waals surface area contributed by atoms with Gasteiger partial charge in [-0.3, -0.25) is 10.2 Å². The SMILES string of the molecule is CN1C(=N)C[C@@](C)(c2cc(-c3ccc(C#N)s3)cs2)CC1=O. The zero-order valence-electron chi connectivity index (χ0n) is 12.3. The first kappa shape index (κ1) is 14.9. The molecule has 0 radical (unpaired) electrons. The molecule has 1 amide bonds. The molecule has 2 aromatic rings. The van der Waals surface area contributed by atoms with Crippen LogP contribution in [-0.2, 0) is 10.2 Å². The van der Waals surface area contributed by atoms with E-state index in [1.54, 1.807) is 18.4 Å². The third kappa shape index (κ3) is 2.47. The number of carbonyl (C=O) groups is 1. The molecule has 3 rings (SSSR count). The number of carbonyl (C=O) groups excluding carboxylic acids is 1. The van der Waals surface area contributed by atoms with E-state index in [-0.39, 0.29) is 11.3 Å². The molecular weight excluding hydrogens is 314 g/mol. The molecule has 6 heteroatoms. The minimum atomic E-state index is -0.307. The lowest BCUT2D eigenvalue weighted by Crippen LogP contribution is -2.46. The predicted molar refractivity (Wildman–Crippen MR) is 89.4 cm³/mol. The topological polar surface area (TPSA) is 68.0 Å². The smallest absolute Gasteiger partial charge is 0.228 e. The lowest BCUT2D eigenvalue weighted by atomic mass is 9.78. The Balaban J connectivity index is 1.92. The summed E-state index contributed by atoms with van der Waals surface area (Å²) in [6, 6.07) is 8.04. The van der Waals surface area contributed by atoms with Crippen LogP contribution in [0.4, 0.5) is 0 Å². The molecule has 3 heterocycles. The summed E-state index contributed by atoms with van der Waals surface area (Å²) in [4.78, 5) is 16.4. The van der Waals surface area contributed by atoms with Gasteiger partial charge in [-0.25, -0.2) is 0 Å². The van der Waals surface area contributed by atoms with Crippen molar-refractivity contribution in [2.45, 2.75) is 25.2 Å². The second kappa shape index (κ2) is 5.34. The maximum Gasteiger partial charge on any atom is 0.228 e. The summed E-state index contributed by atoms with van der Waals surface area (Å²) in [7, 11) is 1.67. The minimum Gasteiger partial charge on any atom is -0.304 e. The molecule has 0 saturated carbocycles. The van der Waals surface area contributed by atoms with E-state index in [4.69, 9.17) is 10.7 Å². The lowest BCUT2D eigenvalue weighted by molar-refractivity contribution is -0.128. The first-order valence-corrected chi connectivity index (χ1v) is 8.56. The van der Waals surface area contributed by atoms with Gasteiger partial charge < -0.3 is 4.90 Å². The summed E-state index contributed by atoms with van der Waals surface area (Å²) >= 11 is 3.10. The van der Waals surface area contributed by atoms with Gasteiger partial charge in [-0.15, -0.1) is 22.7 Å². The van der Waals surface area contributed by atoms with Gasteiger partial charge in [0.1, 0.15) is 16.8 Å². The van der Waals surface area contributed by atoms with Crippen molar-refractivity contribution in [2.75, 3.05) is 7.05 Å². The lowest BCUT2D eigenvalue weighted by Gasteiger charge is -2.36. The van der Waals surface area contributed by atoms with Gasteiger partial charge in [-0.05, 0) is 23.6 Å². The van der Waals surface area contributed by atoms with Gasteiger partial charge >= 0.3 is 0 Å². The van der Waals surface area contributed by atoms with Gasteiger partial charge in [0.15, 0.2) is 0 Å². The minimum absolute atomic E-state index is 0.00316. The summed E-state index contributed by atoms with van der Waals surface area (Å²) in [5.74, 6) is 0.369. The van der Waals surface area contributed by atoms with Crippen LogP contribution in [0.2, 0.25) is 0 Å². The standard InChI is InChI=1S/C16H15N3OS2/c1-16(6-14(18)19(2)15(20)7-16)13-5-10(9-21-13)12-4-3-11(8-17)22-12/h3-5,9,18H,6-7H2,1-2H3/t16-/m1/s1. The zero-order chi connectivity index (χ0) is 15.9. The number of hydrogen-bond donors (Lipinski definition) is 1. The summed E-state index contributed by atoms with van der Waals surface area (Å²) in [5, 5.41) is 19.0. The average Bonchev–Trinajstić information content (AvgIpc) is 3.13. The summed E-state index contributed by atoms with van der Waals surface area (Å²) in [5.41, 5.74) is 0.782.